The third-order valence-corrected chi connectivity index (χ3v) is 4.75. The number of carbonyl (C=O) groups is 1. The lowest BCUT2D eigenvalue weighted by atomic mass is 9.96. The summed E-state index contributed by atoms with van der Waals surface area (Å²) in [6.07, 6.45) is -4.53. The average molecular weight is 299 g/mol. The monoisotopic (exact) mass is 299 g/mol. The van der Waals surface area contributed by atoms with Crippen molar-refractivity contribution in [3.8, 4) is 0 Å². The van der Waals surface area contributed by atoms with Gasteiger partial charge in [0.1, 0.15) is 0 Å². The van der Waals surface area contributed by atoms with E-state index in [1.165, 1.54) is 0 Å². The molecule has 1 aromatic rings. The second kappa shape index (κ2) is 4.47. The van der Waals surface area contributed by atoms with Crippen LogP contribution in [0.3, 0.4) is 0 Å². The minimum absolute atomic E-state index is 0.105. The molecule has 3 rings (SSSR count). The van der Waals surface area contributed by atoms with Gasteiger partial charge in [-0.1, -0.05) is 30.3 Å². The number of ether oxygens (including phenoxy) is 1. The lowest BCUT2D eigenvalue weighted by Crippen LogP contribution is -2.35. The molecule has 0 unspecified atom stereocenters. The molecular weight excluding hydrogens is 283 g/mol. The van der Waals surface area contributed by atoms with Crippen LogP contribution in [0.5, 0.6) is 0 Å². The SMILES string of the molecule is COC(=O)[C@]12CN(Cc3ccccc3)C[C@@]1(C(F)(F)F)C2. The highest BCUT2D eigenvalue weighted by molar-refractivity contribution is 5.83. The molecule has 114 valence electrons. The zero-order valence-corrected chi connectivity index (χ0v) is 11.6. The molecule has 1 aliphatic heterocycles. The van der Waals surface area contributed by atoms with Crippen LogP contribution < -0.4 is 0 Å². The first-order valence-corrected chi connectivity index (χ1v) is 6.76. The number of fused-ring (bicyclic) bond motifs is 1. The maximum absolute atomic E-state index is 13.4. The lowest BCUT2D eigenvalue weighted by Gasteiger charge is -2.22. The molecule has 0 amide bonds. The molecule has 1 aromatic carbocycles. The molecule has 3 nitrogen and oxygen atoms in total. The average Bonchev–Trinajstić information content (AvgIpc) is 2.98. The van der Waals surface area contributed by atoms with Gasteiger partial charge >= 0.3 is 12.1 Å². The Hall–Kier alpha value is -1.56. The topological polar surface area (TPSA) is 29.5 Å². The van der Waals surface area contributed by atoms with Crippen LogP contribution in [0.15, 0.2) is 30.3 Å². The van der Waals surface area contributed by atoms with Crippen molar-refractivity contribution in [2.45, 2.75) is 19.1 Å². The minimum atomic E-state index is -4.38. The van der Waals surface area contributed by atoms with Gasteiger partial charge in [-0.2, -0.15) is 13.2 Å². The summed E-state index contributed by atoms with van der Waals surface area (Å²) in [6.45, 7) is 0.381. The van der Waals surface area contributed by atoms with Crippen LogP contribution in [0.25, 0.3) is 0 Å². The van der Waals surface area contributed by atoms with Crippen molar-refractivity contribution in [1.82, 2.24) is 4.90 Å². The number of rotatable bonds is 3. The zero-order valence-electron chi connectivity index (χ0n) is 11.6. The fraction of sp³-hybridized carbons (Fsp3) is 0.533. The second-order valence-electron chi connectivity index (χ2n) is 5.96. The molecule has 0 aromatic heterocycles. The van der Waals surface area contributed by atoms with Crippen LogP contribution >= 0.6 is 0 Å². The fourth-order valence-corrected chi connectivity index (χ4v) is 3.65. The maximum Gasteiger partial charge on any atom is 0.396 e. The predicted octanol–water partition coefficient (Wildman–Crippen LogP) is 2.61. The number of benzene rings is 1. The predicted molar refractivity (Wildman–Crippen MR) is 69.3 cm³/mol. The maximum atomic E-state index is 13.4. The van der Waals surface area contributed by atoms with Gasteiger partial charge in [-0.3, -0.25) is 9.69 Å². The van der Waals surface area contributed by atoms with Crippen molar-refractivity contribution in [1.29, 1.82) is 0 Å². The third kappa shape index (κ3) is 1.96. The number of hydrogen-bond acceptors (Lipinski definition) is 3. The van der Waals surface area contributed by atoms with Gasteiger partial charge in [0.2, 0.25) is 0 Å². The molecule has 0 radical (unpaired) electrons. The first-order valence-electron chi connectivity index (χ1n) is 6.76. The number of hydrogen-bond donors (Lipinski definition) is 0. The summed E-state index contributed by atoms with van der Waals surface area (Å²) >= 11 is 0. The summed E-state index contributed by atoms with van der Waals surface area (Å²) in [6, 6.07) is 9.30. The molecule has 2 fully saturated rings. The number of methoxy groups -OCH3 is 1. The molecule has 2 atom stereocenters. The molecule has 1 heterocycles. The molecule has 0 N–H and O–H groups in total. The minimum Gasteiger partial charge on any atom is -0.469 e. The summed E-state index contributed by atoms with van der Waals surface area (Å²) in [5.41, 5.74) is -2.40. The van der Waals surface area contributed by atoms with Gasteiger partial charge in [0, 0.05) is 19.6 Å². The van der Waals surface area contributed by atoms with Gasteiger partial charge in [0.15, 0.2) is 0 Å². The van der Waals surface area contributed by atoms with Crippen molar-refractivity contribution in [3.05, 3.63) is 35.9 Å². The Morgan fingerprint density at radius 1 is 1.29 bits per heavy atom. The number of halogens is 3. The quantitative estimate of drug-likeness (QED) is 0.804. The van der Waals surface area contributed by atoms with Crippen LogP contribution in [-0.4, -0.2) is 37.2 Å². The van der Waals surface area contributed by atoms with E-state index in [1.54, 1.807) is 4.90 Å². The third-order valence-electron chi connectivity index (χ3n) is 4.75. The highest BCUT2D eigenvalue weighted by Crippen LogP contribution is 2.75. The van der Waals surface area contributed by atoms with Gasteiger partial charge in [-0.25, -0.2) is 0 Å². The Kier molecular flexibility index (Phi) is 3.06. The highest BCUT2D eigenvalue weighted by atomic mass is 19.4. The van der Waals surface area contributed by atoms with Crippen LogP contribution in [0.1, 0.15) is 12.0 Å². The standard InChI is InChI=1S/C15H16F3NO2/c1-21-12(20)13-8-14(13,15(16,17)18)10-19(9-13)7-11-5-3-2-4-6-11/h2-6H,7-10H2,1H3/t13-,14-/m0/s1. The molecule has 21 heavy (non-hydrogen) atoms. The summed E-state index contributed by atoms with van der Waals surface area (Å²) in [5.74, 6) is -0.740. The van der Waals surface area contributed by atoms with E-state index in [2.05, 4.69) is 4.74 Å². The number of alkyl halides is 3. The second-order valence-corrected chi connectivity index (χ2v) is 5.96. The summed E-state index contributed by atoms with van der Waals surface area (Å²) in [7, 11) is 1.15. The fourth-order valence-electron chi connectivity index (χ4n) is 3.65. The van der Waals surface area contributed by atoms with Gasteiger partial charge in [0.05, 0.1) is 17.9 Å². The highest BCUT2D eigenvalue weighted by Gasteiger charge is 2.86. The van der Waals surface area contributed by atoms with Crippen molar-refractivity contribution in [2.24, 2.45) is 10.8 Å². The first-order chi connectivity index (χ1) is 9.85. The molecule has 0 spiro atoms. The molecule has 6 heteroatoms. The normalized spacial score (nSPS) is 31.8. The molecule has 1 saturated heterocycles. The van der Waals surface area contributed by atoms with E-state index in [-0.39, 0.29) is 19.5 Å². The molecule has 0 bridgehead atoms. The van der Waals surface area contributed by atoms with Crippen LogP contribution in [-0.2, 0) is 16.1 Å². The number of likely N-dealkylation sites (tertiary alicyclic amines) is 1. The van der Waals surface area contributed by atoms with E-state index >= 15 is 0 Å². The van der Waals surface area contributed by atoms with Crippen molar-refractivity contribution in [2.75, 3.05) is 20.2 Å². The number of piperidine rings is 1. The zero-order chi connectivity index (χ0) is 15.3. The van der Waals surface area contributed by atoms with Gasteiger partial charge in [0.25, 0.3) is 0 Å². The Labute approximate surface area is 120 Å². The van der Waals surface area contributed by atoms with Crippen LogP contribution in [0.2, 0.25) is 0 Å². The number of nitrogens with zero attached hydrogens (tertiary/aromatic N) is 1. The van der Waals surface area contributed by atoms with Crippen LogP contribution in [0, 0.1) is 10.8 Å². The Balaban J connectivity index is 1.83. The van der Waals surface area contributed by atoms with E-state index in [1.807, 2.05) is 30.3 Å². The first kappa shape index (κ1) is 14.4. The van der Waals surface area contributed by atoms with E-state index < -0.39 is 23.0 Å². The van der Waals surface area contributed by atoms with E-state index in [4.69, 9.17) is 0 Å². The largest absolute Gasteiger partial charge is 0.469 e. The van der Waals surface area contributed by atoms with Gasteiger partial charge in [-0.15, -0.1) is 0 Å². The Morgan fingerprint density at radius 3 is 2.52 bits per heavy atom. The smallest absolute Gasteiger partial charge is 0.396 e. The van der Waals surface area contributed by atoms with E-state index in [0.29, 0.717) is 6.54 Å². The van der Waals surface area contributed by atoms with Crippen molar-refractivity contribution >= 4 is 5.97 Å². The Morgan fingerprint density at radius 2 is 1.95 bits per heavy atom. The summed E-state index contributed by atoms with van der Waals surface area (Å²) in [5, 5.41) is 0. The number of esters is 1. The van der Waals surface area contributed by atoms with Crippen molar-refractivity contribution in [3.63, 3.8) is 0 Å². The molecule has 2 aliphatic rings. The van der Waals surface area contributed by atoms with E-state index in [0.717, 1.165) is 12.7 Å². The summed E-state index contributed by atoms with van der Waals surface area (Å²) in [4.78, 5) is 13.6. The molecule has 1 saturated carbocycles. The van der Waals surface area contributed by atoms with Crippen molar-refractivity contribution < 1.29 is 22.7 Å². The number of carbonyl (C=O) groups excluding carboxylic acids is 1. The molecule has 1 aliphatic carbocycles. The Bertz CT molecular complexity index is 560. The van der Waals surface area contributed by atoms with Gasteiger partial charge < -0.3 is 4.74 Å². The lowest BCUT2D eigenvalue weighted by molar-refractivity contribution is -0.197. The van der Waals surface area contributed by atoms with E-state index in [9.17, 15) is 18.0 Å². The van der Waals surface area contributed by atoms with Crippen LogP contribution in [0.4, 0.5) is 13.2 Å². The molecular formula is C15H16F3NO2. The summed E-state index contributed by atoms with van der Waals surface area (Å²) < 4.78 is 44.8. The van der Waals surface area contributed by atoms with Gasteiger partial charge in [-0.05, 0) is 12.0 Å².